The van der Waals surface area contributed by atoms with Gasteiger partial charge in [0.25, 0.3) is 5.91 Å². The minimum atomic E-state index is -0.646. The van der Waals surface area contributed by atoms with Gasteiger partial charge in [-0.3, -0.25) is 9.59 Å². The van der Waals surface area contributed by atoms with Crippen molar-refractivity contribution in [2.45, 2.75) is 18.5 Å². The number of hydrogen-bond acceptors (Lipinski definition) is 11. The first-order valence-electron chi connectivity index (χ1n) is 16.4. The average Bonchev–Trinajstić information content (AvgIpc) is 3.91. The minimum absolute atomic E-state index is 0.0589. The summed E-state index contributed by atoms with van der Waals surface area (Å²) < 4.78 is 41.7. The van der Waals surface area contributed by atoms with Crippen LogP contribution in [0, 0.1) is 11.8 Å². The third kappa shape index (κ3) is 5.90. The predicted octanol–water partition coefficient (Wildman–Crippen LogP) is 5.28. The molecule has 260 valence electrons. The Morgan fingerprint density at radius 1 is 0.863 bits per heavy atom. The monoisotopic (exact) mass is 690 g/mol. The van der Waals surface area contributed by atoms with Crippen molar-refractivity contribution in [3.63, 3.8) is 0 Å². The van der Waals surface area contributed by atoms with E-state index >= 15 is 0 Å². The van der Waals surface area contributed by atoms with Crippen LogP contribution in [0.25, 0.3) is 0 Å². The van der Waals surface area contributed by atoms with Crippen LogP contribution in [0.15, 0.2) is 85.1 Å². The fraction of sp³-hybridized carbons (Fsp3) is 0.263. The molecule has 3 aliphatic rings. The Morgan fingerprint density at radius 3 is 2.31 bits per heavy atom. The lowest BCUT2D eigenvalue weighted by molar-refractivity contribution is -0.141. The molecule has 0 saturated carbocycles. The number of carbonyl (C=O) groups is 2. The zero-order valence-corrected chi connectivity index (χ0v) is 28.0. The Kier molecular flexibility index (Phi) is 8.30. The van der Waals surface area contributed by atoms with Crippen LogP contribution in [0.4, 0.5) is 0 Å². The second-order valence-electron chi connectivity index (χ2n) is 12.4. The molecule has 0 unspecified atom stereocenters. The van der Waals surface area contributed by atoms with E-state index < -0.39 is 29.7 Å². The molecular weight excluding hydrogens is 656 g/mol. The van der Waals surface area contributed by atoms with Gasteiger partial charge in [-0.05, 0) is 70.8 Å². The van der Waals surface area contributed by atoms with Gasteiger partial charge >= 0.3 is 5.97 Å². The molecule has 5 aromatic rings. The highest BCUT2D eigenvalue weighted by Crippen LogP contribution is 2.55. The number of carbonyl (C=O) groups excluding carboxylic acids is 2. The van der Waals surface area contributed by atoms with Crippen molar-refractivity contribution in [3.8, 4) is 40.2 Å². The predicted molar refractivity (Wildman–Crippen MR) is 181 cm³/mol. The van der Waals surface area contributed by atoms with Gasteiger partial charge in [-0.25, -0.2) is 4.68 Å². The number of amides is 1. The van der Waals surface area contributed by atoms with Crippen LogP contribution in [-0.2, 0) is 16.1 Å². The highest BCUT2D eigenvalue weighted by atomic mass is 16.7. The number of fused-ring (bicyclic) bond motifs is 3. The standard InChI is InChI=1S/C38H34N4O9/c1-45-31-13-22(14-32(46-2)36(31)47-3)33-25-15-29-30(50-20-49-29)16-26(25)35(27-19-48-38(44)34(27)33)39-37(43)28-18-42(41-40-28)17-21-8-7-11-24(12-21)51-23-9-5-4-6-10-23/h4-16,18,27,33-35H,17,19-20H2,1-3H3,(H,39,43)/t27-,33+,34-,35-/m0/s1. The first-order valence-corrected chi connectivity index (χ1v) is 16.4. The van der Waals surface area contributed by atoms with Crippen LogP contribution in [0.1, 0.15) is 44.7 Å². The van der Waals surface area contributed by atoms with Crippen molar-refractivity contribution < 1.29 is 42.7 Å². The number of nitrogens with one attached hydrogen (secondary N) is 1. The summed E-state index contributed by atoms with van der Waals surface area (Å²) in [6.07, 6.45) is 1.59. The van der Waals surface area contributed by atoms with Crippen molar-refractivity contribution in [1.29, 1.82) is 0 Å². The summed E-state index contributed by atoms with van der Waals surface area (Å²) in [6.45, 7) is 0.534. The van der Waals surface area contributed by atoms with E-state index in [2.05, 4.69) is 15.6 Å². The molecule has 13 heteroatoms. The van der Waals surface area contributed by atoms with E-state index in [1.54, 1.807) is 25.1 Å². The molecule has 8 rings (SSSR count). The third-order valence-corrected chi connectivity index (χ3v) is 9.51. The highest BCUT2D eigenvalue weighted by molar-refractivity contribution is 5.92. The molecule has 2 aliphatic heterocycles. The summed E-state index contributed by atoms with van der Waals surface area (Å²) in [7, 11) is 4.62. The number of esters is 1. The van der Waals surface area contributed by atoms with Crippen molar-refractivity contribution in [3.05, 3.63) is 113 Å². The van der Waals surface area contributed by atoms with E-state index in [1.165, 1.54) is 7.11 Å². The molecule has 51 heavy (non-hydrogen) atoms. The van der Waals surface area contributed by atoms with Gasteiger partial charge in [-0.1, -0.05) is 35.5 Å². The maximum Gasteiger partial charge on any atom is 0.310 e. The quantitative estimate of drug-likeness (QED) is 0.191. The average molecular weight is 691 g/mol. The molecule has 3 heterocycles. The van der Waals surface area contributed by atoms with E-state index in [0.29, 0.717) is 41.0 Å². The summed E-state index contributed by atoms with van der Waals surface area (Å²) in [5.74, 6) is 1.47. The van der Waals surface area contributed by atoms with Crippen molar-refractivity contribution in [2.75, 3.05) is 34.7 Å². The molecule has 1 saturated heterocycles. The second kappa shape index (κ2) is 13.2. The summed E-state index contributed by atoms with van der Waals surface area (Å²) in [5.41, 5.74) is 3.35. The van der Waals surface area contributed by atoms with Crippen molar-refractivity contribution in [1.82, 2.24) is 20.3 Å². The Hall–Kier alpha value is -6.24. The van der Waals surface area contributed by atoms with E-state index in [-0.39, 0.29) is 25.1 Å². The Balaban J connectivity index is 1.10. The summed E-state index contributed by atoms with van der Waals surface area (Å²) in [6, 6.07) is 24.0. The smallest absolute Gasteiger partial charge is 0.310 e. The van der Waals surface area contributed by atoms with Crippen LogP contribution in [-0.4, -0.2) is 61.6 Å². The second-order valence-corrected chi connectivity index (χ2v) is 12.4. The Bertz CT molecular complexity index is 2090. The van der Waals surface area contributed by atoms with Crippen LogP contribution in [0.2, 0.25) is 0 Å². The fourth-order valence-corrected chi connectivity index (χ4v) is 7.24. The van der Waals surface area contributed by atoms with Crippen LogP contribution < -0.4 is 33.7 Å². The Labute approximate surface area is 292 Å². The van der Waals surface area contributed by atoms with E-state index in [4.69, 9.17) is 33.2 Å². The summed E-state index contributed by atoms with van der Waals surface area (Å²) in [4.78, 5) is 27.4. The molecule has 1 amide bonds. The number of aromatic nitrogens is 3. The molecule has 4 aromatic carbocycles. The molecule has 1 aromatic heterocycles. The highest BCUT2D eigenvalue weighted by Gasteiger charge is 2.53. The topological polar surface area (TPSA) is 141 Å². The van der Waals surface area contributed by atoms with E-state index in [0.717, 1.165) is 28.0 Å². The van der Waals surface area contributed by atoms with E-state index in [1.807, 2.05) is 78.9 Å². The number of benzene rings is 4. The maximum absolute atomic E-state index is 13.9. The van der Waals surface area contributed by atoms with Gasteiger partial charge in [0, 0.05) is 11.8 Å². The molecule has 0 radical (unpaired) electrons. The number of para-hydroxylation sites is 1. The van der Waals surface area contributed by atoms with Gasteiger partial charge in [0.15, 0.2) is 28.7 Å². The van der Waals surface area contributed by atoms with E-state index in [9.17, 15) is 9.59 Å². The van der Waals surface area contributed by atoms with Gasteiger partial charge < -0.3 is 38.5 Å². The first kappa shape index (κ1) is 32.0. The van der Waals surface area contributed by atoms with Gasteiger partial charge in [-0.2, -0.15) is 0 Å². The lowest BCUT2D eigenvalue weighted by atomic mass is 9.65. The lowest BCUT2D eigenvalue weighted by Gasteiger charge is -2.39. The molecule has 1 aliphatic carbocycles. The first-order chi connectivity index (χ1) is 24.9. The van der Waals surface area contributed by atoms with Crippen LogP contribution >= 0.6 is 0 Å². The van der Waals surface area contributed by atoms with Crippen LogP contribution in [0.3, 0.4) is 0 Å². The number of rotatable bonds is 10. The minimum Gasteiger partial charge on any atom is -0.493 e. The number of ether oxygens (including phenoxy) is 7. The molecule has 0 bridgehead atoms. The normalized spacial score (nSPS) is 19.8. The van der Waals surface area contributed by atoms with Crippen molar-refractivity contribution in [2.24, 2.45) is 11.8 Å². The number of hydrogen-bond donors (Lipinski definition) is 1. The summed E-state index contributed by atoms with van der Waals surface area (Å²) >= 11 is 0. The van der Waals surface area contributed by atoms with Gasteiger partial charge in [-0.15, -0.1) is 5.10 Å². The summed E-state index contributed by atoms with van der Waals surface area (Å²) in [5, 5.41) is 11.6. The largest absolute Gasteiger partial charge is 0.493 e. The molecule has 0 spiro atoms. The fourth-order valence-electron chi connectivity index (χ4n) is 7.24. The molecule has 1 fully saturated rings. The zero-order chi connectivity index (χ0) is 35.1. The third-order valence-electron chi connectivity index (χ3n) is 9.51. The van der Waals surface area contributed by atoms with Crippen molar-refractivity contribution >= 4 is 11.9 Å². The Morgan fingerprint density at radius 2 is 1.59 bits per heavy atom. The molecular formula is C38H34N4O9. The molecule has 13 nitrogen and oxygen atoms in total. The van der Waals surface area contributed by atoms with Crippen LogP contribution in [0.5, 0.6) is 40.2 Å². The molecule has 1 N–H and O–H groups in total. The molecule has 4 atom stereocenters. The van der Waals surface area contributed by atoms with Gasteiger partial charge in [0.1, 0.15) is 11.5 Å². The number of methoxy groups -OCH3 is 3. The zero-order valence-electron chi connectivity index (χ0n) is 28.0. The lowest BCUT2D eigenvalue weighted by Crippen LogP contribution is -2.43. The van der Waals surface area contributed by atoms with Gasteiger partial charge in [0.05, 0.1) is 52.6 Å². The van der Waals surface area contributed by atoms with Gasteiger partial charge in [0.2, 0.25) is 12.5 Å². The number of cyclic esters (lactones) is 1. The number of nitrogens with zero attached hydrogens (tertiary/aromatic N) is 3. The maximum atomic E-state index is 13.9. The SMILES string of the molecule is COc1cc([C@@H]2c3cc4c(cc3[C@H](NC(=O)c3cn(Cc5cccc(Oc6ccccc6)c5)nn3)[C@H]3COC(=O)[C@H]23)OCO4)cc(OC)c1OC.